The van der Waals surface area contributed by atoms with Crippen LogP contribution in [0.2, 0.25) is 0 Å². The Labute approximate surface area is 113 Å². The van der Waals surface area contributed by atoms with Gasteiger partial charge in [0.15, 0.2) is 0 Å². The van der Waals surface area contributed by atoms with Gasteiger partial charge in [-0.3, -0.25) is 4.79 Å². The second-order valence-corrected chi connectivity index (χ2v) is 4.84. The molecule has 19 heavy (non-hydrogen) atoms. The lowest BCUT2D eigenvalue weighted by atomic mass is 10.2. The number of nitrogens with one attached hydrogen (secondary N) is 2. The number of carbonyl (C=O) groups is 1. The van der Waals surface area contributed by atoms with Crippen LogP contribution in [0.1, 0.15) is 31.2 Å². The number of likely N-dealkylation sites (N-methyl/N-ethyl adjacent to an activating group) is 1. The molecule has 0 aliphatic heterocycles. The Morgan fingerprint density at radius 3 is 2.37 bits per heavy atom. The van der Waals surface area contributed by atoms with Crippen LogP contribution < -0.4 is 16.6 Å². The van der Waals surface area contributed by atoms with Crippen molar-refractivity contribution in [1.29, 1.82) is 0 Å². The SMILES string of the molecule is Cc1c(NN)nc(C(C)C)nc1NCC(=O)N(C)C. The van der Waals surface area contributed by atoms with E-state index in [1.807, 2.05) is 20.8 Å². The van der Waals surface area contributed by atoms with Crippen LogP contribution in [0, 0.1) is 6.92 Å². The second-order valence-electron chi connectivity index (χ2n) is 4.84. The smallest absolute Gasteiger partial charge is 0.241 e. The van der Waals surface area contributed by atoms with Crippen molar-refractivity contribution in [3.05, 3.63) is 11.4 Å². The monoisotopic (exact) mass is 266 g/mol. The molecule has 0 saturated carbocycles. The molecular formula is C12H22N6O. The van der Waals surface area contributed by atoms with E-state index in [2.05, 4.69) is 20.7 Å². The summed E-state index contributed by atoms with van der Waals surface area (Å²) in [6.45, 7) is 6.04. The zero-order valence-electron chi connectivity index (χ0n) is 12.1. The molecule has 1 aromatic heterocycles. The molecule has 0 saturated heterocycles. The topological polar surface area (TPSA) is 96.2 Å². The summed E-state index contributed by atoms with van der Waals surface area (Å²) in [4.78, 5) is 21.9. The molecule has 0 atom stereocenters. The van der Waals surface area contributed by atoms with Crippen molar-refractivity contribution in [2.24, 2.45) is 5.84 Å². The van der Waals surface area contributed by atoms with Gasteiger partial charge in [-0.15, -0.1) is 0 Å². The first-order valence-electron chi connectivity index (χ1n) is 6.16. The van der Waals surface area contributed by atoms with Crippen LogP contribution in [0.25, 0.3) is 0 Å². The molecule has 0 radical (unpaired) electrons. The average molecular weight is 266 g/mol. The Bertz CT molecular complexity index is 458. The Kier molecular flexibility index (Phi) is 5.05. The molecule has 0 aliphatic rings. The standard InChI is InChI=1S/C12H22N6O/c1-7(2)10-15-11(8(3)12(16-10)17-13)14-6-9(19)18(4)5/h7H,6,13H2,1-5H3,(H2,14,15,16,17). The van der Waals surface area contributed by atoms with Crippen LogP contribution in [-0.4, -0.2) is 41.4 Å². The lowest BCUT2D eigenvalue weighted by Gasteiger charge is -2.16. The van der Waals surface area contributed by atoms with Crippen molar-refractivity contribution >= 4 is 17.5 Å². The van der Waals surface area contributed by atoms with E-state index < -0.39 is 0 Å². The predicted octanol–water partition coefficient (Wildman–Crippen LogP) is 0.694. The highest BCUT2D eigenvalue weighted by molar-refractivity contribution is 5.80. The summed E-state index contributed by atoms with van der Waals surface area (Å²) in [7, 11) is 3.42. The number of anilines is 2. The van der Waals surface area contributed by atoms with Crippen LogP contribution in [0.5, 0.6) is 0 Å². The lowest BCUT2D eigenvalue weighted by molar-refractivity contribution is -0.126. The van der Waals surface area contributed by atoms with Gasteiger partial charge in [-0.25, -0.2) is 15.8 Å². The Balaban J connectivity index is 2.98. The Hall–Kier alpha value is -1.89. The summed E-state index contributed by atoms with van der Waals surface area (Å²) in [5, 5.41) is 3.03. The van der Waals surface area contributed by atoms with Crippen molar-refractivity contribution in [2.75, 3.05) is 31.4 Å². The fourth-order valence-corrected chi connectivity index (χ4v) is 1.42. The van der Waals surface area contributed by atoms with Crippen LogP contribution in [0.3, 0.4) is 0 Å². The highest BCUT2D eigenvalue weighted by atomic mass is 16.2. The summed E-state index contributed by atoms with van der Waals surface area (Å²) in [6, 6.07) is 0. The fourth-order valence-electron chi connectivity index (χ4n) is 1.42. The molecule has 0 bridgehead atoms. The molecule has 0 unspecified atom stereocenters. The van der Waals surface area contributed by atoms with Crippen molar-refractivity contribution in [3.8, 4) is 0 Å². The van der Waals surface area contributed by atoms with Gasteiger partial charge in [0.25, 0.3) is 0 Å². The maximum atomic E-state index is 11.6. The number of hydrogen-bond donors (Lipinski definition) is 3. The van der Waals surface area contributed by atoms with Crippen molar-refractivity contribution in [2.45, 2.75) is 26.7 Å². The number of aromatic nitrogens is 2. The van der Waals surface area contributed by atoms with Gasteiger partial charge in [-0.2, -0.15) is 0 Å². The highest BCUT2D eigenvalue weighted by Crippen LogP contribution is 2.22. The van der Waals surface area contributed by atoms with Crippen molar-refractivity contribution in [3.63, 3.8) is 0 Å². The second kappa shape index (κ2) is 6.33. The summed E-state index contributed by atoms with van der Waals surface area (Å²) >= 11 is 0. The number of hydrogen-bond acceptors (Lipinski definition) is 6. The zero-order chi connectivity index (χ0) is 14.6. The fraction of sp³-hybridized carbons (Fsp3) is 0.583. The molecule has 4 N–H and O–H groups in total. The van der Waals surface area contributed by atoms with E-state index in [-0.39, 0.29) is 18.4 Å². The van der Waals surface area contributed by atoms with Crippen LogP contribution >= 0.6 is 0 Å². The lowest BCUT2D eigenvalue weighted by Crippen LogP contribution is -2.29. The van der Waals surface area contributed by atoms with E-state index in [0.717, 1.165) is 5.56 Å². The molecule has 7 nitrogen and oxygen atoms in total. The van der Waals surface area contributed by atoms with Gasteiger partial charge >= 0.3 is 0 Å². The van der Waals surface area contributed by atoms with Gasteiger partial charge < -0.3 is 15.6 Å². The van der Waals surface area contributed by atoms with E-state index in [9.17, 15) is 4.79 Å². The number of amides is 1. The molecule has 106 valence electrons. The highest BCUT2D eigenvalue weighted by Gasteiger charge is 2.13. The minimum Gasteiger partial charge on any atom is -0.361 e. The molecule has 0 spiro atoms. The Morgan fingerprint density at radius 1 is 1.32 bits per heavy atom. The van der Waals surface area contributed by atoms with Gasteiger partial charge in [0, 0.05) is 25.6 Å². The molecule has 1 rings (SSSR count). The maximum Gasteiger partial charge on any atom is 0.241 e. The van der Waals surface area contributed by atoms with Crippen LogP contribution in [0.15, 0.2) is 0 Å². The third kappa shape index (κ3) is 3.78. The van der Waals surface area contributed by atoms with Crippen molar-refractivity contribution in [1.82, 2.24) is 14.9 Å². The van der Waals surface area contributed by atoms with E-state index in [4.69, 9.17) is 5.84 Å². The number of nitrogen functional groups attached to an aromatic ring is 1. The van der Waals surface area contributed by atoms with E-state index in [1.165, 1.54) is 4.90 Å². The predicted molar refractivity (Wildman–Crippen MR) is 75.9 cm³/mol. The molecule has 1 amide bonds. The summed E-state index contributed by atoms with van der Waals surface area (Å²) < 4.78 is 0. The number of rotatable bonds is 5. The number of hydrazine groups is 1. The zero-order valence-corrected chi connectivity index (χ0v) is 12.1. The molecule has 0 aliphatic carbocycles. The van der Waals surface area contributed by atoms with E-state index in [1.54, 1.807) is 14.1 Å². The van der Waals surface area contributed by atoms with Gasteiger partial charge in [-0.1, -0.05) is 13.8 Å². The van der Waals surface area contributed by atoms with Gasteiger partial charge in [0.2, 0.25) is 5.91 Å². The van der Waals surface area contributed by atoms with Gasteiger partial charge in [0.05, 0.1) is 6.54 Å². The number of carbonyl (C=O) groups excluding carboxylic acids is 1. The molecule has 1 heterocycles. The summed E-state index contributed by atoms with van der Waals surface area (Å²) in [5.74, 6) is 7.48. The molecular weight excluding hydrogens is 244 g/mol. The van der Waals surface area contributed by atoms with Crippen LogP contribution in [0.4, 0.5) is 11.6 Å². The first-order chi connectivity index (χ1) is 8.86. The third-order valence-corrected chi connectivity index (χ3v) is 2.72. The van der Waals surface area contributed by atoms with E-state index >= 15 is 0 Å². The Morgan fingerprint density at radius 2 is 1.89 bits per heavy atom. The first kappa shape index (κ1) is 15.2. The van der Waals surface area contributed by atoms with E-state index in [0.29, 0.717) is 17.5 Å². The third-order valence-electron chi connectivity index (χ3n) is 2.72. The first-order valence-corrected chi connectivity index (χ1v) is 6.16. The number of nitrogens with zero attached hydrogens (tertiary/aromatic N) is 3. The normalized spacial score (nSPS) is 10.5. The van der Waals surface area contributed by atoms with Crippen molar-refractivity contribution < 1.29 is 4.79 Å². The molecule has 0 fully saturated rings. The minimum absolute atomic E-state index is 0.0219. The van der Waals surface area contributed by atoms with Crippen LogP contribution in [-0.2, 0) is 4.79 Å². The molecule has 0 aromatic carbocycles. The quantitative estimate of drug-likeness (QED) is 0.536. The summed E-state index contributed by atoms with van der Waals surface area (Å²) in [6.07, 6.45) is 0. The molecule has 1 aromatic rings. The average Bonchev–Trinajstić information content (AvgIpc) is 2.36. The van der Waals surface area contributed by atoms with Gasteiger partial charge in [0.1, 0.15) is 17.5 Å². The minimum atomic E-state index is -0.0219. The number of nitrogens with two attached hydrogens (primary N) is 1. The largest absolute Gasteiger partial charge is 0.361 e. The maximum absolute atomic E-state index is 11.6. The van der Waals surface area contributed by atoms with Gasteiger partial charge in [-0.05, 0) is 6.92 Å². The summed E-state index contributed by atoms with van der Waals surface area (Å²) in [5.41, 5.74) is 3.35. The molecule has 7 heteroatoms.